The molecule has 0 aliphatic rings. The van der Waals surface area contributed by atoms with Gasteiger partial charge in [0.25, 0.3) is 5.56 Å². The fraction of sp³-hybridized carbons (Fsp3) is 0.263. The van der Waals surface area contributed by atoms with Gasteiger partial charge in [0.2, 0.25) is 0 Å². The third-order valence-corrected chi connectivity index (χ3v) is 5.04. The molecular formula is C19H19FN2OS. The van der Waals surface area contributed by atoms with Crippen molar-refractivity contribution in [2.45, 2.75) is 37.2 Å². The summed E-state index contributed by atoms with van der Waals surface area (Å²) in [7, 11) is 0. The molecule has 3 nitrogen and oxygen atoms in total. The summed E-state index contributed by atoms with van der Waals surface area (Å²) in [4.78, 5) is 17.5. The highest BCUT2D eigenvalue weighted by Crippen LogP contribution is 2.33. The Hall–Kier alpha value is -2.14. The Balaban J connectivity index is 2.02. The molecule has 0 amide bonds. The molecule has 5 heteroatoms. The van der Waals surface area contributed by atoms with Crippen molar-refractivity contribution in [3.63, 3.8) is 0 Å². The van der Waals surface area contributed by atoms with Gasteiger partial charge < -0.3 is 0 Å². The average Bonchev–Trinajstić information content (AvgIpc) is 2.59. The molecule has 0 bridgehead atoms. The molecule has 2 aromatic carbocycles. The number of para-hydroxylation sites is 1. The number of hydrogen-bond acceptors (Lipinski definition) is 3. The highest BCUT2D eigenvalue weighted by Gasteiger charge is 2.15. The maximum absolute atomic E-state index is 13.1. The van der Waals surface area contributed by atoms with Crippen molar-refractivity contribution in [3.8, 4) is 0 Å². The van der Waals surface area contributed by atoms with Gasteiger partial charge >= 0.3 is 0 Å². The lowest BCUT2D eigenvalue weighted by Crippen LogP contribution is -2.23. The van der Waals surface area contributed by atoms with Crippen LogP contribution in [-0.2, 0) is 6.54 Å². The molecular weight excluding hydrogens is 323 g/mol. The number of benzene rings is 2. The van der Waals surface area contributed by atoms with E-state index >= 15 is 0 Å². The molecule has 0 N–H and O–H groups in total. The van der Waals surface area contributed by atoms with Crippen LogP contribution in [0.5, 0.6) is 0 Å². The molecule has 0 fully saturated rings. The van der Waals surface area contributed by atoms with Gasteiger partial charge in [-0.3, -0.25) is 9.36 Å². The van der Waals surface area contributed by atoms with Crippen molar-refractivity contribution in [1.82, 2.24) is 9.55 Å². The van der Waals surface area contributed by atoms with E-state index in [-0.39, 0.29) is 16.6 Å². The minimum atomic E-state index is -0.248. The van der Waals surface area contributed by atoms with Gasteiger partial charge in [-0.15, -0.1) is 0 Å². The first-order valence-electron chi connectivity index (χ1n) is 8.02. The largest absolute Gasteiger partial charge is 0.287 e. The summed E-state index contributed by atoms with van der Waals surface area (Å²) in [6, 6.07) is 13.9. The molecule has 3 rings (SSSR count). The Labute approximate surface area is 144 Å². The van der Waals surface area contributed by atoms with Crippen molar-refractivity contribution >= 4 is 22.7 Å². The number of hydrogen-bond donors (Lipinski definition) is 0. The summed E-state index contributed by atoms with van der Waals surface area (Å²) in [5.41, 5.74) is 1.71. The van der Waals surface area contributed by atoms with Crippen LogP contribution in [0.2, 0.25) is 0 Å². The standard InChI is InChI=1S/C19H19FN2OS/c1-3-12-22-18(23)16-6-4-5-7-17(16)21-19(22)24-13(2)14-8-10-15(20)11-9-14/h4-11,13H,3,12H2,1-2H3/t13-/m0/s1. The van der Waals surface area contributed by atoms with Gasteiger partial charge in [-0.25, -0.2) is 9.37 Å². The minimum Gasteiger partial charge on any atom is -0.287 e. The van der Waals surface area contributed by atoms with E-state index in [4.69, 9.17) is 0 Å². The van der Waals surface area contributed by atoms with Crippen molar-refractivity contribution in [2.24, 2.45) is 0 Å². The number of aromatic nitrogens is 2. The zero-order valence-corrected chi connectivity index (χ0v) is 14.5. The van der Waals surface area contributed by atoms with Crippen LogP contribution in [0.3, 0.4) is 0 Å². The quantitative estimate of drug-likeness (QED) is 0.493. The molecule has 0 saturated heterocycles. The third-order valence-electron chi connectivity index (χ3n) is 3.90. The summed E-state index contributed by atoms with van der Waals surface area (Å²) in [5.74, 6) is -0.248. The van der Waals surface area contributed by atoms with E-state index in [0.717, 1.165) is 12.0 Å². The Kier molecular flexibility index (Phi) is 5.00. The van der Waals surface area contributed by atoms with Gasteiger partial charge in [-0.1, -0.05) is 43.0 Å². The monoisotopic (exact) mass is 342 g/mol. The van der Waals surface area contributed by atoms with E-state index in [1.807, 2.05) is 38.1 Å². The van der Waals surface area contributed by atoms with Crippen LogP contribution in [0.1, 0.15) is 31.1 Å². The predicted molar refractivity (Wildman–Crippen MR) is 97.0 cm³/mol. The zero-order valence-electron chi connectivity index (χ0n) is 13.7. The topological polar surface area (TPSA) is 34.9 Å². The SMILES string of the molecule is CCCn1c(S[C@@H](C)c2ccc(F)cc2)nc2ccccc2c1=O. The third kappa shape index (κ3) is 3.36. The molecule has 1 aromatic heterocycles. The van der Waals surface area contributed by atoms with Gasteiger partial charge in [-0.2, -0.15) is 0 Å². The lowest BCUT2D eigenvalue weighted by atomic mass is 10.2. The summed E-state index contributed by atoms with van der Waals surface area (Å²) in [5, 5.41) is 1.42. The number of rotatable bonds is 5. The maximum atomic E-state index is 13.1. The first-order valence-corrected chi connectivity index (χ1v) is 8.90. The highest BCUT2D eigenvalue weighted by atomic mass is 32.2. The van der Waals surface area contributed by atoms with Crippen LogP contribution in [0.15, 0.2) is 58.5 Å². The van der Waals surface area contributed by atoms with E-state index < -0.39 is 0 Å². The fourth-order valence-electron chi connectivity index (χ4n) is 2.62. The highest BCUT2D eigenvalue weighted by molar-refractivity contribution is 7.99. The van der Waals surface area contributed by atoms with Gasteiger partial charge in [-0.05, 0) is 43.2 Å². The Bertz CT molecular complexity index is 905. The lowest BCUT2D eigenvalue weighted by Gasteiger charge is -2.16. The summed E-state index contributed by atoms with van der Waals surface area (Å²) < 4.78 is 14.8. The Morgan fingerprint density at radius 3 is 2.58 bits per heavy atom. The molecule has 0 unspecified atom stereocenters. The molecule has 1 atom stereocenters. The van der Waals surface area contributed by atoms with Crippen molar-refractivity contribution in [2.75, 3.05) is 0 Å². The molecule has 124 valence electrons. The van der Waals surface area contributed by atoms with Gasteiger partial charge in [0.15, 0.2) is 5.16 Å². The van der Waals surface area contributed by atoms with E-state index in [9.17, 15) is 9.18 Å². The second-order valence-electron chi connectivity index (χ2n) is 5.68. The van der Waals surface area contributed by atoms with Gasteiger partial charge in [0.05, 0.1) is 10.9 Å². The van der Waals surface area contributed by atoms with E-state index in [1.165, 1.54) is 23.9 Å². The van der Waals surface area contributed by atoms with Gasteiger partial charge in [0.1, 0.15) is 5.82 Å². The molecule has 3 aromatic rings. The summed E-state index contributed by atoms with van der Waals surface area (Å²) in [6.07, 6.45) is 0.860. The van der Waals surface area contributed by atoms with Crippen molar-refractivity contribution < 1.29 is 4.39 Å². The second kappa shape index (κ2) is 7.18. The Morgan fingerprint density at radius 2 is 1.88 bits per heavy atom. The lowest BCUT2D eigenvalue weighted by molar-refractivity contribution is 0.584. The van der Waals surface area contributed by atoms with Crippen LogP contribution in [0.4, 0.5) is 4.39 Å². The molecule has 24 heavy (non-hydrogen) atoms. The van der Waals surface area contributed by atoms with Crippen LogP contribution in [-0.4, -0.2) is 9.55 Å². The minimum absolute atomic E-state index is 0.00347. The normalized spacial score (nSPS) is 12.5. The zero-order chi connectivity index (χ0) is 17.1. The molecule has 0 aliphatic carbocycles. The van der Waals surface area contributed by atoms with Crippen molar-refractivity contribution in [1.29, 1.82) is 0 Å². The van der Waals surface area contributed by atoms with Crippen LogP contribution in [0.25, 0.3) is 10.9 Å². The smallest absolute Gasteiger partial charge is 0.262 e. The summed E-state index contributed by atoms with van der Waals surface area (Å²) >= 11 is 1.53. The first-order chi connectivity index (χ1) is 11.6. The predicted octanol–water partition coefficient (Wildman–Crippen LogP) is 4.80. The summed E-state index contributed by atoms with van der Waals surface area (Å²) in [6.45, 7) is 4.71. The van der Waals surface area contributed by atoms with Crippen molar-refractivity contribution in [3.05, 3.63) is 70.3 Å². The van der Waals surface area contributed by atoms with E-state index in [2.05, 4.69) is 4.98 Å². The number of thioether (sulfide) groups is 1. The fourth-order valence-corrected chi connectivity index (χ4v) is 3.68. The average molecular weight is 342 g/mol. The van der Waals surface area contributed by atoms with Crippen LogP contribution < -0.4 is 5.56 Å². The molecule has 0 aliphatic heterocycles. The van der Waals surface area contributed by atoms with E-state index in [1.54, 1.807) is 16.7 Å². The molecule has 0 radical (unpaired) electrons. The maximum Gasteiger partial charge on any atom is 0.262 e. The first kappa shape index (κ1) is 16.7. The molecule has 0 spiro atoms. The molecule has 1 heterocycles. The van der Waals surface area contributed by atoms with Gasteiger partial charge in [0, 0.05) is 11.8 Å². The molecule has 0 saturated carbocycles. The number of fused-ring (bicyclic) bond motifs is 1. The van der Waals surface area contributed by atoms with E-state index in [0.29, 0.717) is 22.6 Å². The Morgan fingerprint density at radius 1 is 1.17 bits per heavy atom. The van der Waals surface area contributed by atoms with Crippen LogP contribution >= 0.6 is 11.8 Å². The number of halogens is 1. The second-order valence-corrected chi connectivity index (χ2v) is 6.99. The van der Waals surface area contributed by atoms with Crippen LogP contribution in [0, 0.1) is 5.82 Å². The number of nitrogens with zero attached hydrogens (tertiary/aromatic N) is 2.